The van der Waals surface area contributed by atoms with Gasteiger partial charge in [-0.15, -0.1) is 5.10 Å². The van der Waals surface area contributed by atoms with Gasteiger partial charge in [-0.2, -0.15) is 5.10 Å². The fourth-order valence-electron chi connectivity index (χ4n) is 2.32. The summed E-state index contributed by atoms with van der Waals surface area (Å²) >= 11 is 0. The second-order valence-corrected chi connectivity index (χ2v) is 5.15. The van der Waals surface area contributed by atoms with Crippen molar-refractivity contribution in [3.8, 4) is 11.4 Å². The van der Waals surface area contributed by atoms with E-state index in [1.54, 1.807) is 47.4 Å². The highest BCUT2D eigenvalue weighted by Gasteiger charge is 2.08. The third kappa shape index (κ3) is 3.11. The second kappa shape index (κ2) is 6.32. The zero-order valence-corrected chi connectivity index (χ0v) is 12.9. The van der Waals surface area contributed by atoms with Gasteiger partial charge in [0.15, 0.2) is 0 Å². The monoisotopic (exact) mass is 332 g/mol. The number of aromatic nitrogens is 7. The third-order valence-electron chi connectivity index (χ3n) is 3.53. The highest BCUT2D eigenvalue weighted by molar-refractivity contribution is 6.04. The topological polar surface area (TPSA) is 103 Å². The maximum absolute atomic E-state index is 12.4. The van der Waals surface area contributed by atoms with Crippen LogP contribution in [0.3, 0.4) is 0 Å². The molecule has 1 amide bonds. The van der Waals surface area contributed by atoms with E-state index < -0.39 is 0 Å². The Morgan fingerprint density at radius 3 is 2.56 bits per heavy atom. The molecular formula is C16H12N8O. The number of benzene rings is 2. The van der Waals surface area contributed by atoms with E-state index in [-0.39, 0.29) is 5.91 Å². The molecular weight excluding hydrogens is 320 g/mol. The molecule has 0 saturated carbocycles. The largest absolute Gasteiger partial charge is 0.322 e. The average Bonchev–Trinajstić information content (AvgIpc) is 3.36. The molecule has 4 rings (SSSR count). The molecule has 2 aromatic heterocycles. The molecule has 0 aliphatic heterocycles. The third-order valence-corrected chi connectivity index (χ3v) is 3.53. The van der Waals surface area contributed by atoms with Crippen LogP contribution in [0.2, 0.25) is 0 Å². The molecule has 9 nitrogen and oxygen atoms in total. The molecule has 25 heavy (non-hydrogen) atoms. The summed E-state index contributed by atoms with van der Waals surface area (Å²) in [5.41, 5.74) is 2.77. The number of nitrogens with one attached hydrogen (secondary N) is 1. The van der Waals surface area contributed by atoms with Gasteiger partial charge in [-0.05, 0) is 52.9 Å². The Morgan fingerprint density at radius 2 is 1.84 bits per heavy atom. The predicted molar refractivity (Wildman–Crippen MR) is 88.5 cm³/mol. The van der Waals surface area contributed by atoms with Gasteiger partial charge < -0.3 is 5.32 Å². The molecule has 2 aromatic carbocycles. The summed E-state index contributed by atoms with van der Waals surface area (Å²) in [6.45, 7) is 0. The fraction of sp³-hybridized carbons (Fsp3) is 0. The number of carbonyl (C=O) groups is 1. The highest BCUT2D eigenvalue weighted by Crippen LogP contribution is 2.15. The van der Waals surface area contributed by atoms with Crippen LogP contribution in [-0.2, 0) is 0 Å². The number of carbonyl (C=O) groups excluding carboxylic acids is 1. The molecule has 0 bridgehead atoms. The number of tetrazole rings is 1. The lowest BCUT2D eigenvalue weighted by Crippen LogP contribution is -2.12. The van der Waals surface area contributed by atoms with Gasteiger partial charge in [-0.25, -0.2) is 14.3 Å². The maximum atomic E-state index is 12.4. The van der Waals surface area contributed by atoms with Crippen LogP contribution in [-0.4, -0.2) is 40.9 Å². The van der Waals surface area contributed by atoms with Gasteiger partial charge in [0, 0.05) is 11.3 Å². The Labute approximate surface area is 141 Å². The van der Waals surface area contributed by atoms with Crippen LogP contribution in [0.1, 0.15) is 10.4 Å². The van der Waals surface area contributed by atoms with Crippen LogP contribution in [0, 0.1) is 0 Å². The van der Waals surface area contributed by atoms with Crippen LogP contribution < -0.4 is 5.32 Å². The van der Waals surface area contributed by atoms with Crippen LogP contribution in [0.25, 0.3) is 11.4 Å². The number of nitrogens with zero attached hydrogens (tertiary/aromatic N) is 7. The first-order valence-electron chi connectivity index (χ1n) is 7.39. The Balaban J connectivity index is 1.51. The van der Waals surface area contributed by atoms with Crippen molar-refractivity contribution in [1.29, 1.82) is 0 Å². The predicted octanol–water partition coefficient (Wildman–Crippen LogP) is 1.50. The molecule has 4 aromatic rings. The van der Waals surface area contributed by atoms with E-state index in [0.717, 1.165) is 11.4 Å². The van der Waals surface area contributed by atoms with E-state index in [9.17, 15) is 4.79 Å². The molecule has 0 atom stereocenters. The second-order valence-electron chi connectivity index (χ2n) is 5.15. The minimum Gasteiger partial charge on any atom is -0.322 e. The van der Waals surface area contributed by atoms with Gasteiger partial charge in [0.05, 0.1) is 11.4 Å². The summed E-state index contributed by atoms with van der Waals surface area (Å²) in [5, 5.41) is 17.9. The first-order chi connectivity index (χ1) is 12.3. The smallest absolute Gasteiger partial charge is 0.255 e. The minimum absolute atomic E-state index is 0.209. The van der Waals surface area contributed by atoms with E-state index in [1.807, 2.05) is 12.1 Å². The van der Waals surface area contributed by atoms with Crippen molar-refractivity contribution < 1.29 is 4.79 Å². The van der Waals surface area contributed by atoms with E-state index in [0.29, 0.717) is 11.3 Å². The van der Waals surface area contributed by atoms with Crippen LogP contribution in [0.15, 0.2) is 67.5 Å². The van der Waals surface area contributed by atoms with Gasteiger partial charge in [0.2, 0.25) is 0 Å². The van der Waals surface area contributed by atoms with Gasteiger partial charge in [-0.3, -0.25) is 4.79 Å². The molecule has 0 unspecified atom stereocenters. The van der Waals surface area contributed by atoms with Crippen molar-refractivity contribution in [2.45, 2.75) is 0 Å². The van der Waals surface area contributed by atoms with Crippen molar-refractivity contribution in [2.75, 3.05) is 5.32 Å². The molecule has 1 N–H and O–H groups in total. The van der Waals surface area contributed by atoms with E-state index in [1.165, 1.54) is 17.3 Å². The number of amides is 1. The molecule has 0 radical (unpaired) electrons. The molecule has 0 saturated heterocycles. The average molecular weight is 332 g/mol. The Morgan fingerprint density at radius 1 is 0.960 bits per heavy atom. The summed E-state index contributed by atoms with van der Waals surface area (Å²) in [6, 6.07) is 14.3. The van der Waals surface area contributed by atoms with E-state index in [2.05, 4.69) is 30.9 Å². The summed E-state index contributed by atoms with van der Waals surface area (Å²) in [7, 11) is 0. The summed E-state index contributed by atoms with van der Waals surface area (Å²) < 4.78 is 3.14. The van der Waals surface area contributed by atoms with Gasteiger partial charge in [-0.1, -0.05) is 6.07 Å². The maximum Gasteiger partial charge on any atom is 0.255 e. The number of anilines is 1. The first kappa shape index (κ1) is 14.7. The van der Waals surface area contributed by atoms with Crippen molar-refractivity contribution in [3.63, 3.8) is 0 Å². The van der Waals surface area contributed by atoms with Crippen molar-refractivity contribution >= 4 is 11.6 Å². The zero-order chi connectivity index (χ0) is 17.1. The molecule has 122 valence electrons. The zero-order valence-electron chi connectivity index (χ0n) is 12.9. The van der Waals surface area contributed by atoms with Gasteiger partial charge >= 0.3 is 0 Å². The summed E-state index contributed by atoms with van der Waals surface area (Å²) in [5.74, 6) is -0.209. The Bertz CT molecular complexity index is 977. The van der Waals surface area contributed by atoms with Gasteiger partial charge in [0.1, 0.15) is 19.0 Å². The van der Waals surface area contributed by atoms with Crippen LogP contribution in [0.5, 0.6) is 0 Å². The molecule has 2 heterocycles. The van der Waals surface area contributed by atoms with E-state index in [4.69, 9.17) is 0 Å². The SMILES string of the molecule is O=C(Nc1cccc(-n2cnnn2)c1)c1ccc(-n2cncn2)cc1. The molecule has 0 aliphatic carbocycles. The lowest BCUT2D eigenvalue weighted by molar-refractivity contribution is 0.102. The Kier molecular flexibility index (Phi) is 3.71. The lowest BCUT2D eigenvalue weighted by atomic mass is 10.2. The fourth-order valence-corrected chi connectivity index (χ4v) is 2.32. The van der Waals surface area contributed by atoms with Crippen molar-refractivity contribution in [2.24, 2.45) is 0 Å². The van der Waals surface area contributed by atoms with Crippen molar-refractivity contribution in [1.82, 2.24) is 35.0 Å². The molecule has 9 heteroatoms. The summed E-state index contributed by atoms with van der Waals surface area (Å²) in [4.78, 5) is 16.3. The normalized spacial score (nSPS) is 10.6. The number of hydrogen-bond donors (Lipinski definition) is 1. The van der Waals surface area contributed by atoms with E-state index >= 15 is 0 Å². The number of rotatable bonds is 4. The van der Waals surface area contributed by atoms with Crippen molar-refractivity contribution in [3.05, 3.63) is 73.1 Å². The summed E-state index contributed by atoms with van der Waals surface area (Å²) in [6.07, 6.45) is 4.54. The standard InChI is InChI=1S/C16H12N8O/c25-16(12-4-6-14(7-5-12)23-10-17-9-19-23)20-13-2-1-3-15(8-13)24-11-18-21-22-24/h1-11H,(H,20,25). The minimum atomic E-state index is -0.209. The highest BCUT2D eigenvalue weighted by atomic mass is 16.1. The Hall–Kier alpha value is -3.88. The van der Waals surface area contributed by atoms with Crippen LogP contribution in [0.4, 0.5) is 5.69 Å². The quantitative estimate of drug-likeness (QED) is 0.607. The van der Waals surface area contributed by atoms with Crippen LogP contribution >= 0.6 is 0 Å². The lowest BCUT2D eigenvalue weighted by Gasteiger charge is -2.08. The molecule has 0 aliphatic rings. The molecule has 0 fully saturated rings. The first-order valence-corrected chi connectivity index (χ1v) is 7.39. The molecule has 0 spiro atoms. The van der Waals surface area contributed by atoms with Gasteiger partial charge in [0.25, 0.3) is 5.91 Å². The number of hydrogen-bond acceptors (Lipinski definition) is 6.